The van der Waals surface area contributed by atoms with Crippen molar-refractivity contribution >= 4 is 11.8 Å². The van der Waals surface area contributed by atoms with Gasteiger partial charge in [0.25, 0.3) is 0 Å². The van der Waals surface area contributed by atoms with E-state index >= 15 is 0 Å². The highest BCUT2D eigenvalue weighted by Crippen LogP contribution is 2.52. The van der Waals surface area contributed by atoms with Crippen molar-refractivity contribution in [2.24, 2.45) is 17.8 Å². The van der Waals surface area contributed by atoms with Crippen LogP contribution in [0.1, 0.15) is 62.0 Å². The van der Waals surface area contributed by atoms with Crippen LogP contribution in [0.3, 0.4) is 0 Å². The number of carbonyl (C=O) groups excluding carboxylic acids is 2. The second-order valence-electron chi connectivity index (χ2n) is 12.3. The molecule has 6 rings (SSSR count). The van der Waals surface area contributed by atoms with Crippen molar-refractivity contribution in [2.75, 3.05) is 33.4 Å². The van der Waals surface area contributed by atoms with Crippen molar-refractivity contribution in [2.45, 2.75) is 81.8 Å². The molecule has 10 heteroatoms. The topological polar surface area (TPSA) is 138 Å². The van der Waals surface area contributed by atoms with E-state index in [2.05, 4.69) is 5.32 Å². The Morgan fingerprint density at radius 3 is 2.68 bits per heavy atom. The van der Waals surface area contributed by atoms with Gasteiger partial charge in [-0.15, -0.1) is 0 Å². The number of hydrogen-bond donors (Lipinski definition) is 4. The van der Waals surface area contributed by atoms with Gasteiger partial charge in [-0.3, -0.25) is 9.59 Å². The van der Waals surface area contributed by atoms with E-state index < -0.39 is 30.1 Å². The third-order valence-electron chi connectivity index (χ3n) is 9.92. The number of ether oxygens (including phenoxy) is 3. The van der Waals surface area contributed by atoms with Crippen molar-refractivity contribution in [1.29, 1.82) is 0 Å². The van der Waals surface area contributed by atoms with E-state index in [1.54, 1.807) is 23.1 Å². The minimum atomic E-state index is -1.12. The minimum Gasteiger partial charge on any atom is -0.493 e. The highest BCUT2D eigenvalue weighted by molar-refractivity contribution is 5.96. The van der Waals surface area contributed by atoms with E-state index in [9.17, 15) is 24.9 Å². The molecule has 2 aliphatic heterocycles. The summed E-state index contributed by atoms with van der Waals surface area (Å²) in [5.41, 5.74) is 1.60. The predicted molar refractivity (Wildman–Crippen MR) is 148 cm³/mol. The highest BCUT2D eigenvalue weighted by Gasteiger charge is 2.52. The molecule has 10 nitrogen and oxygen atoms in total. The molecule has 0 aromatic heterocycles. The molecule has 0 radical (unpaired) electrons. The molecule has 5 aliphatic rings. The van der Waals surface area contributed by atoms with Gasteiger partial charge in [0, 0.05) is 37.3 Å². The summed E-state index contributed by atoms with van der Waals surface area (Å²) in [6.45, 7) is 0.604. The number of fused-ring (bicyclic) bond motifs is 5. The van der Waals surface area contributed by atoms with Gasteiger partial charge >= 0.3 is 0 Å². The Balaban J connectivity index is 1.36. The average molecular weight is 571 g/mol. The molecule has 2 amide bonds. The number of methoxy groups -OCH3 is 1. The zero-order valence-corrected chi connectivity index (χ0v) is 23.7. The SMILES string of the molecule is COc1cc(CO)cc2c1O[C@@H]1[C@@H](O)[C@H](N(C[C@@H]3CCCO3)C(=O)CC3CC4CCC3C4)C=C(C(=O)NCCO)[C@H]21. The number of carbonyl (C=O) groups is 2. The van der Waals surface area contributed by atoms with Crippen molar-refractivity contribution in [1.82, 2.24) is 10.2 Å². The number of benzene rings is 1. The molecule has 4 N–H and O–H groups in total. The number of aliphatic hydroxyl groups is 3. The Hall–Kier alpha value is -2.66. The Kier molecular flexibility index (Phi) is 8.27. The first-order chi connectivity index (χ1) is 19.9. The zero-order chi connectivity index (χ0) is 28.7. The monoisotopic (exact) mass is 570 g/mol. The molecule has 224 valence electrons. The fourth-order valence-corrected chi connectivity index (χ4v) is 7.98. The Labute approximate surface area is 240 Å². The molecule has 41 heavy (non-hydrogen) atoms. The maximum absolute atomic E-state index is 14.1. The molecular weight excluding hydrogens is 528 g/mol. The van der Waals surface area contributed by atoms with Gasteiger partial charge in [0.15, 0.2) is 11.5 Å². The number of nitrogens with zero attached hydrogens (tertiary/aromatic N) is 1. The van der Waals surface area contributed by atoms with E-state index in [0.717, 1.165) is 25.2 Å². The number of nitrogens with one attached hydrogen (secondary N) is 1. The molecule has 2 heterocycles. The van der Waals surface area contributed by atoms with Gasteiger partial charge in [-0.25, -0.2) is 0 Å². The summed E-state index contributed by atoms with van der Waals surface area (Å²) in [5, 5.41) is 33.9. The van der Waals surface area contributed by atoms with Crippen LogP contribution in [0.2, 0.25) is 0 Å². The van der Waals surface area contributed by atoms with Crippen molar-refractivity contribution < 1.29 is 39.1 Å². The van der Waals surface area contributed by atoms with Crippen molar-refractivity contribution in [3.8, 4) is 11.5 Å². The van der Waals surface area contributed by atoms with Crippen LogP contribution in [-0.4, -0.2) is 89.8 Å². The quantitative estimate of drug-likeness (QED) is 0.333. The normalized spacial score (nSPS) is 33.1. The van der Waals surface area contributed by atoms with Crippen LogP contribution in [0.25, 0.3) is 0 Å². The second kappa shape index (κ2) is 11.9. The Bertz CT molecular complexity index is 1180. The number of rotatable bonds is 10. The van der Waals surface area contributed by atoms with Crippen LogP contribution in [0, 0.1) is 17.8 Å². The molecular formula is C31H42N2O8. The lowest BCUT2D eigenvalue weighted by atomic mass is 9.77. The first kappa shape index (κ1) is 28.5. The Morgan fingerprint density at radius 1 is 1.17 bits per heavy atom. The molecule has 3 fully saturated rings. The smallest absolute Gasteiger partial charge is 0.247 e. The van der Waals surface area contributed by atoms with Crippen LogP contribution in [0.4, 0.5) is 0 Å². The number of aliphatic hydroxyl groups excluding tert-OH is 3. The van der Waals surface area contributed by atoms with Gasteiger partial charge in [-0.1, -0.05) is 6.42 Å². The molecule has 1 aromatic rings. The van der Waals surface area contributed by atoms with E-state index in [1.807, 2.05) is 0 Å². The maximum Gasteiger partial charge on any atom is 0.247 e. The molecule has 3 unspecified atom stereocenters. The lowest BCUT2D eigenvalue weighted by Gasteiger charge is -2.42. The van der Waals surface area contributed by atoms with Crippen LogP contribution < -0.4 is 14.8 Å². The Morgan fingerprint density at radius 2 is 2.02 bits per heavy atom. The predicted octanol–water partition coefficient (Wildman–Crippen LogP) is 1.64. The van der Waals surface area contributed by atoms with Gasteiger partial charge in [0.1, 0.15) is 12.2 Å². The van der Waals surface area contributed by atoms with Crippen LogP contribution in [-0.2, 0) is 20.9 Å². The third kappa shape index (κ3) is 5.35. The third-order valence-corrected chi connectivity index (χ3v) is 9.92. The molecule has 8 atom stereocenters. The first-order valence-corrected chi connectivity index (χ1v) is 15.1. The first-order valence-electron chi connectivity index (χ1n) is 15.1. The van der Waals surface area contributed by atoms with Crippen LogP contribution in [0.15, 0.2) is 23.8 Å². The van der Waals surface area contributed by atoms with Crippen LogP contribution >= 0.6 is 0 Å². The summed E-state index contributed by atoms with van der Waals surface area (Å²) in [5.74, 6) is 1.42. The lowest BCUT2D eigenvalue weighted by molar-refractivity contribution is -0.140. The zero-order valence-electron chi connectivity index (χ0n) is 23.7. The molecule has 1 saturated heterocycles. The summed E-state index contributed by atoms with van der Waals surface area (Å²) < 4.78 is 17.8. The van der Waals surface area contributed by atoms with E-state index in [1.165, 1.54) is 26.4 Å². The lowest BCUT2D eigenvalue weighted by Crippen LogP contribution is -2.57. The van der Waals surface area contributed by atoms with Crippen molar-refractivity contribution in [3.63, 3.8) is 0 Å². The summed E-state index contributed by atoms with van der Waals surface area (Å²) >= 11 is 0. The van der Waals surface area contributed by atoms with Crippen molar-refractivity contribution in [3.05, 3.63) is 34.9 Å². The van der Waals surface area contributed by atoms with Gasteiger partial charge in [-0.05, 0) is 73.6 Å². The van der Waals surface area contributed by atoms with E-state index in [4.69, 9.17) is 14.2 Å². The van der Waals surface area contributed by atoms with Gasteiger partial charge in [-0.2, -0.15) is 0 Å². The van der Waals surface area contributed by atoms with Gasteiger partial charge < -0.3 is 39.7 Å². The number of hydrogen-bond acceptors (Lipinski definition) is 8. The highest BCUT2D eigenvalue weighted by atomic mass is 16.5. The molecule has 1 aromatic carbocycles. The summed E-state index contributed by atoms with van der Waals surface area (Å²) in [6, 6.07) is 2.66. The standard InChI is InChI=1S/C31H42N2O8/c1-39-25-12-18(16-35)11-22-27-23(31(38)32-6-7-34)14-24(28(37)30(27)41-29(22)25)33(15-21-3-2-8-40-21)26(36)13-20-10-17-4-5-19(20)9-17/h11-12,14,17,19-21,24,27-28,30,34-35,37H,2-10,13,15-16H2,1H3,(H,32,38)/t17?,19?,20?,21-,24+,27-,28-,30-/m0/s1. The molecule has 3 aliphatic carbocycles. The molecule has 2 saturated carbocycles. The average Bonchev–Trinajstić information content (AvgIpc) is 3.79. The molecule has 0 spiro atoms. The fourth-order valence-electron chi connectivity index (χ4n) is 7.98. The van der Waals surface area contributed by atoms with Crippen LogP contribution in [0.5, 0.6) is 11.5 Å². The van der Waals surface area contributed by atoms with E-state index in [0.29, 0.717) is 59.6 Å². The van der Waals surface area contributed by atoms with Gasteiger partial charge in [0.05, 0.1) is 38.4 Å². The largest absolute Gasteiger partial charge is 0.493 e. The summed E-state index contributed by atoms with van der Waals surface area (Å²) in [7, 11) is 1.50. The molecule has 2 bridgehead atoms. The summed E-state index contributed by atoms with van der Waals surface area (Å²) in [6.07, 6.45) is 6.54. The van der Waals surface area contributed by atoms with E-state index in [-0.39, 0.29) is 31.8 Å². The summed E-state index contributed by atoms with van der Waals surface area (Å²) in [4.78, 5) is 29.3. The second-order valence-corrected chi connectivity index (χ2v) is 12.3. The number of amides is 2. The fraction of sp³-hybridized carbons (Fsp3) is 0.677. The van der Waals surface area contributed by atoms with Gasteiger partial charge in [0.2, 0.25) is 11.8 Å². The maximum atomic E-state index is 14.1. The minimum absolute atomic E-state index is 0.0254.